The highest BCUT2D eigenvalue weighted by molar-refractivity contribution is 5.81. The van der Waals surface area contributed by atoms with Crippen LogP contribution in [0, 0.1) is 0 Å². The summed E-state index contributed by atoms with van der Waals surface area (Å²) in [6.07, 6.45) is 0.101. The molecular formula is C18H26N4O4. The molecule has 8 heteroatoms. The largest absolute Gasteiger partial charge is 0.467 e. The van der Waals surface area contributed by atoms with Gasteiger partial charge in [0.25, 0.3) is 0 Å². The third-order valence-corrected chi connectivity index (χ3v) is 3.47. The molecule has 0 N–H and O–H groups in total. The van der Waals surface area contributed by atoms with Gasteiger partial charge in [0.15, 0.2) is 0 Å². The molecule has 0 aliphatic carbocycles. The quantitative estimate of drug-likeness (QED) is 0.231. The van der Waals surface area contributed by atoms with Gasteiger partial charge < -0.3 is 9.47 Å². The van der Waals surface area contributed by atoms with Crippen LogP contribution in [0.1, 0.15) is 32.8 Å². The third-order valence-electron chi connectivity index (χ3n) is 3.47. The number of esters is 1. The second-order valence-electron chi connectivity index (χ2n) is 6.71. The first-order valence-corrected chi connectivity index (χ1v) is 8.40. The minimum Gasteiger partial charge on any atom is -0.467 e. The molecule has 1 atom stereocenters. The number of ether oxygens (including phenoxy) is 2. The first-order chi connectivity index (χ1) is 12.3. The molecule has 142 valence electrons. The van der Waals surface area contributed by atoms with E-state index < -0.39 is 23.7 Å². The van der Waals surface area contributed by atoms with Crippen molar-refractivity contribution < 1.29 is 19.1 Å². The molecule has 0 saturated heterocycles. The van der Waals surface area contributed by atoms with Crippen LogP contribution >= 0.6 is 0 Å². The molecule has 1 rings (SSSR count). The molecule has 0 fully saturated rings. The molecule has 0 radical (unpaired) electrons. The SMILES string of the molecule is COC(=O)[C@H](Cc1ccccc1)N(CCCN=[N+]=[N-])C(=O)OC(C)(C)C. The highest BCUT2D eigenvalue weighted by atomic mass is 16.6. The van der Waals surface area contributed by atoms with Gasteiger partial charge in [-0.3, -0.25) is 4.90 Å². The fourth-order valence-electron chi connectivity index (χ4n) is 2.35. The summed E-state index contributed by atoms with van der Waals surface area (Å²) in [7, 11) is 1.29. The van der Waals surface area contributed by atoms with E-state index in [1.54, 1.807) is 20.8 Å². The van der Waals surface area contributed by atoms with Gasteiger partial charge in [0.1, 0.15) is 11.6 Å². The molecule has 0 heterocycles. The van der Waals surface area contributed by atoms with E-state index >= 15 is 0 Å². The zero-order valence-electron chi connectivity index (χ0n) is 15.7. The molecule has 0 aliphatic heterocycles. The van der Waals surface area contributed by atoms with Crippen LogP contribution in [-0.4, -0.2) is 48.8 Å². The zero-order valence-corrected chi connectivity index (χ0v) is 15.7. The summed E-state index contributed by atoms with van der Waals surface area (Å²) in [5.41, 5.74) is 8.60. The van der Waals surface area contributed by atoms with Crippen LogP contribution in [0.25, 0.3) is 10.4 Å². The Morgan fingerprint density at radius 2 is 1.92 bits per heavy atom. The van der Waals surface area contributed by atoms with Gasteiger partial charge in [-0.05, 0) is 38.3 Å². The molecule has 0 unspecified atom stereocenters. The number of rotatable bonds is 8. The molecule has 0 aromatic heterocycles. The van der Waals surface area contributed by atoms with Crippen molar-refractivity contribution in [3.8, 4) is 0 Å². The van der Waals surface area contributed by atoms with Crippen molar-refractivity contribution in [1.29, 1.82) is 0 Å². The van der Waals surface area contributed by atoms with Gasteiger partial charge in [-0.1, -0.05) is 35.4 Å². The van der Waals surface area contributed by atoms with Crippen LogP contribution in [0.15, 0.2) is 35.4 Å². The first-order valence-electron chi connectivity index (χ1n) is 8.40. The Labute approximate surface area is 153 Å². The molecule has 1 aromatic carbocycles. The Balaban J connectivity index is 3.06. The Morgan fingerprint density at radius 1 is 1.27 bits per heavy atom. The van der Waals surface area contributed by atoms with Crippen molar-refractivity contribution in [2.45, 2.75) is 45.3 Å². The standard InChI is InChI=1S/C18H26N4O4/c1-18(2,3)26-17(24)22(12-8-11-20-21-19)15(16(23)25-4)13-14-9-6-5-7-10-14/h5-7,9-10,15H,8,11-13H2,1-4H3/t15-/m0/s1. The van der Waals surface area contributed by atoms with Gasteiger partial charge in [0, 0.05) is 24.4 Å². The number of azide groups is 1. The Morgan fingerprint density at radius 3 is 2.46 bits per heavy atom. The minimum atomic E-state index is -0.830. The molecule has 0 spiro atoms. The molecule has 26 heavy (non-hydrogen) atoms. The smallest absolute Gasteiger partial charge is 0.411 e. The van der Waals surface area contributed by atoms with E-state index in [9.17, 15) is 9.59 Å². The molecular weight excluding hydrogens is 336 g/mol. The zero-order chi connectivity index (χ0) is 19.6. The van der Waals surface area contributed by atoms with E-state index in [0.29, 0.717) is 12.8 Å². The van der Waals surface area contributed by atoms with Gasteiger partial charge >= 0.3 is 12.1 Å². The van der Waals surface area contributed by atoms with Gasteiger partial charge in [-0.2, -0.15) is 0 Å². The monoisotopic (exact) mass is 362 g/mol. The number of carbonyl (C=O) groups is 2. The lowest BCUT2D eigenvalue weighted by Crippen LogP contribution is -2.49. The number of hydrogen-bond acceptors (Lipinski definition) is 5. The van der Waals surface area contributed by atoms with E-state index in [1.807, 2.05) is 30.3 Å². The van der Waals surface area contributed by atoms with Crippen LogP contribution in [0.2, 0.25) is 0 Å². The van der Waals surface area contributed by atoms with Crippen molar-refractivity contribution in [2.75, 3.05) is 20.2 Å². The maximum absolute atomic E-state index is 12.7. The summed E-state index contributed by atoms with van der Waals surface area (Å²) in [4.78, 5) is 29.1. The summed E-state index contributed by atoms with van der Waals surface area (Å²) in [6.45, 7) is 5.70. The molecule has 1 amide bonds. The van der Waals surface area contributed by atoms with Gasteiger partial charge in [-0.15, -0.1) is 0 Å². The van der Waals surface area contributed by atoms with E-state index in [0.717, 1.165) is 5.56 Å². The van der Waals surface area contributed by atoms with Crippen LogP contribution < -0.4 is 0 Å². The van der Waals surface area contributed by atoms with Crippen molar-refractivity contribution in [2.24, 2.45) is 5.11 Å². The second kappa shape index (κ2) is 10.3. The fourth-order valence-corrected chi connectivity index (χ4v) is 2.35. The van der Waals surface area contributed by atoms with Crippen molar-refractivity contribution in [3.63, 3.8) is 0 Å². The molecule has 0 bridgehead atoms. The average molecular weight is 362 g/mol. The predicted octanol–water partition coefficient (Wildman–Crippen LogP) is 3.71. The minimum absolute atomic E-state index is 0.209. The Hall–Kier alpha value is -2.73. The lowest BCUT2D eigenvalue weighted by Gasteiger charge is -2.32. The fraction of sp³-hybridized carbons (Fsp3) is 0.556. The summed E-state index contributed by atoms with van der Waals surface area (Å²) in [5.74, 6) is -0.525. The summed E-state index contributed by atoms with van der Waals surface area (Å²) in [6, 6.07) is 8.53. The number of amides is 1. The average Bonchev–Trinajstić information content (AvgIpc) is 2.59. The first kappa shape index (κ1) is 21.3. The van der Waals surface area contributed by atoms with Gasteiger partial charge in [0.2, 0.25) is 0 Å². The molecule has 1 aromatic rings. The van der Waals surface area contributed by atoms with Crippen molar-refractivity contribution in [1.82, 2.24) is 4.90 Å². The van der Waals surface area contributed by atoms with Crippen LogP contribution in [0.5, 0.6) is 0 Å². The highest BCUT2D eigenvalue weighted by Gasteiger charge is 2.33. The lowest BCUT2D eigenvalue weighted by molar-refractivity contribution is -0.146. The molecule has 0 saturated carbocycles. The number of benzene rings is 1. The van der Waals surface area contributed by atoms with E-state index in [-0.39, 0.29) is 13.1 Å². The number of hydrogen-bond donors (Lipinski definition) is 0. The van der Waals surface area contributed by atoms with Crippen LogP contribution in [0.3, 0.4) is 0 Å². The predicted molar refractivity (Wildman–Crippen MR) is 97.5 cm³/mol. The normalized spacial score (nSPS) is 11.8. The van der Waals surface area contributed by atoms with Crippen molar-refractivity contribution >= 4 is 12.1 Å². The summed E-state index contributed by atoms with van der Waals surface area (Å²) < 4.78 is 10.3. The maximum Gasteiger partial charge on any atom is 0.411 e. The van der Waals surface area contributed by atoms with E-state index in [2.05, 4.69) is 10.0 Å². The third kappa shape index (κ3) is 7.44. The van der Waals surface area contributed by atoms with Gasteiger partial charge in [0.05, 0.1) is 7.11 Å². The Kier molecular flexibility index (Phi) is 8.45. The van der Waals surface area contributed by atoms with Crippen molar-refractivity contribution in [3.05, 3.63) is 46.3 Å². The number of nitrogens with zero attached hydrogens (tertiary/aromatic N) is 4. The van der Waals surface area contributed by atoms with E-state index in [4.69, 9.17) is 15.0 Å². The van der Waals surface area contributed by atoms with Crippen LogP contribution in [0.4, 0.5) is 4.79 Å². The molecule has 8 nitrogen and oxygen atoms in total. The highest BCUT2D eigenvalue weighted by Crippen LogP contribution is 2.17. The summed E-state index contributed by atoms with van der Waals surface area (Å²) in [5, 5.41) is 3.47. The molecule has 0 aliphatic rings. The lowest BCUT2D eigenvalue weighted by atomic mass is 10.0. The second-order valence-corrected chi connectivity index (χ2v) is 6.71. The summed E-state index contributed by atoms with van der Waals surface area (Å²) >= 11 is 0. The van der Waals surface area contributed by atoms with E-state index in [1.165, 1.54) is 12.0 Å². The number of methoxy groups -OCH3 is 1. The van der Waals surface area contributed by atoms with Gasteiger partial charge in [-0.25, -0.2) is 9.59 Å². The topological polar surface area (TPSA) is 105 Å². The Bertz CT molecular complexity index is 636. The maximum atomic E-state index is 12.7. The number of carbonyl (C=O) groups excluding carboxylic acids is 2. The van der Waals surface area contributed by atoms with Crippen LogP contribution in [-0.2, 0) is 20.7 Å².